The van der Waals surface area contributed by atoms with Gasteiger partial charge >= 0.3 is 0 Å². The summed E-state index contributed by atoms with van der Waals surface area (Å²) >= 11 is 0. The normalized spacial score (nSPS) is 18.7. The SMILES string of the molecule is O=C(C1CC1)N1CC[C@H](Cn2cnnc2-c2ccc(-c3ccc4cn[nH]c4c3)cc2)C1. The smallest absolute Gasteiger partial charge is 0.225 e. The zero-order valence-corrected chi connectivity index (χ0v) is 17.2. The number of benzene rings is 2. The summed E-state index contributed by atoms with van der Waals surface area (Å²) in [6, 6.07) is 14.8. The van der Waals surface area contributed by atoms with Crippen LogP contribution in [0.15, 0.2) is 55.0 Å². The van der Waals surface area contributed by atoms with Crippen molar-refractivity contribution < 1.29 is 4.79 Å². The predicted molar refractivity (Wildman–Crippen MR) is 118 cm³/mol. The topological polar surface area (TPSA) is 79.7 Å². The number of aromatic amines is 1. The largest absolute Gasteiger partial charge is 0.342 e. The van der Waals surface area contributed by atoms with Crippen molar-refractivity contribution in [1.82, 2.24) is 29.9 Å². The summed E-state index contributed by atoms with van der Waals surface area (Å²) in [6.07, 6.45) is 6.83. The summed E-state index contributed by atoms with van der Waals surface area (Å²) in [7, 11) is 0. The maximum Gasteiger partial charge on any atom is 0.225 e. The molecule has 1 saturated carbocycles. The molecule has 7 heteroatoms. The van der Waals surface area contributed by atoms with Gasteiger partial charge in [0.25, 0.3) is 0 Å². The number of fused-ring (bicyclic) bond motifs is 1. The van der Waals surface area contributed by atoms with E-state index in [2.05, 4.69) is 72.3 Å². The van der Waals surface area contributed by atoms with E-state index in [-0.39, 0.29) is 0 Å². The van der Waals surface area contributed by atoms with Gasteiger partial charge in [0, 0.05) is 36.5 Å². The highest BCUT2D eigenvalue weighted by molar-refractivity contribution is 5.84. The van der Waals surface area contributed by atoms with Crippen LogP contribution in [0.25, 0.3) is 33.4 Å². The van der Waals surface area contributed by atoms with Crippen LogP contribution in [0.5, 0.6) is 0 Å². The molecule has 1 amide bonds. The van der Waals surface area contributed by atoms with Gasteiger partial charge in [0.1, 0.15) is 6.33 Å². The van der Waals surface area contributed by atoms with Crippen LogP contribution in [0.2, 0.25) is 0 Å². The highest BCUT2D eigenvalue weighted by Gasteiger charge is 2.36. The second-order valence-electron chi connectivity index (χ2n) is 8.77. The van der Waals surface area contributed by atoms with Crippen molar-refractivity contribution in [2.45, 2.75) is 25.8 Å². The first-order chi connectivity index (χ1) is 15.2. The summed E-state index contributed by atoms with van der Waals surface area (Å²) in [5.74, 6) is 1.99. The maximum absolute atomic E-state index is 12.3. The quantitative estimate of drug-likeness (QED) is 0.541. The Kier molecular flexibility index (Phi) is 4.33. The Bertz CT molecular complexity index is 1240. The minimum absolute atomic E-state index is 0.303. The van der Waals surface area contributed by atoms with Gasteiger partial charge in [0.05, 0.1) is 11.7 Å². The van der Waals surface area contributed by atoms with Crippen LogP contribution < -0.4 is 0 Å². The fourth-order valence-corrected chi connectivity index (χ4v) is 4.59. The van der Waals surface area contributed by atoms with Gasteiger partial charge in [-0.15, -0.1) is 10.2 Å². The molecule has 0 unspecified atom stereocenters. The second kappa shape index (κ2) is 7.34. The van der Waals surface area contributed by atoms with Crippen molar-refractivity contribution in [3.8, 4) is 22.5 Å². The van der Waals surface area contributed by atoms with Crippen LogP contribution in [0.3, 0.4) is 0 Å². The van der Waals surface area contributed by atoms with Gasteiger partial charge in [-0.05, 0) is 42.4 Å². The molecule has 1 aliphatic carbocycles. The molecule has 1 atom stereocenters. The van der Waals surface area contributed by atoms with E-state index in [1.807, 2.05) is 6.20 Å². The minimum Gasteiger partial charge on any atom is -0.342 e. The van der Waals surface area contributed by atoms with Crippen LogP contribution in [0, 0.1) is 11.8 Å². The predicted octanol–water partition coefficient (Wildman–Crippen LogP) is 3.75. The fraction of sp³-hybridized carbons (Fsp3) is 0.333. The molecule has 1 saturated heterocycles. The first kappa shape index (κ1) is 18.3. The molecule has 156 valence electrons. The van der Waals surface area contributed by atoms with Gasteiger partial charge in [-0.3, -0.25) is 9.89 Å². The number of likely N-dealkylation sites (tertiary alicyclic amines) is 1. The fourth-order valence-electron chi connectivity index (χ4n) is 4.59. The van der Waals surface area contributed by atoms with Gasteiger partial charge in [-0.2, -0.15) is 5.10 Å². The molecule has 2 aliphatic rings. The first-order valence-electron chi connectivity index (χ1n) is 10.9. The molecule has 4 aromatic rings. The first-order valence-corrected chi connectivity index (χ1v) is 10.9. The summed E-state index contributed by atoms with van der Waals surface area (Å²) in [6.45, 7) is 2.57. The molecular weight excluding hydrogens is 388 g/mol. The number of nitrogens with zero attached hydrogens (tertiary/aromatic N) is 5. The van der Waals surface area contributed by atoms with E-state index in [0.717, 1.165) is 72.3 Å². The van der Waals surface area contributed by atoms with Crippen molar-refractivity contribution in [3.63, 3.8) is 0 Å². The average Bonchev–Trinajstić information content (AvgIpc) is 3.17. The highest BCUT2D eigenvalue weighted by Crippen LogP contribution is 2.33. The van der Waals surface area contributed by atoms with E-state index in [0.29, 0.717) is 17.7 Å². The number of H-pyrrole nitrogens is 1. The number of hydrogen-bond acceptors (Lipinski definition) is 4. The Hall–Kier alpha value is -3.48. The molecule has 2 fully saturated rings. The van der Waals surface area contributed by atoms with Crippen LogP contribution >= 0.6 is 0 Å². The van der Waals surface area contributed by atoms with E-state index in [4.69, 9.17) is 0 Å². The van der Waals surface area contributed by atoms with Gasteiger partial charge in [-0.1, -0.05) is 36.4 Å². The van der Waals surface area contributed by atoms with Crippen LogP contribution in [-0.2, 0) is 11.3 Å². The van der Waals surface area contributed by atoms with E-state index in [9.17, 15) is 4.79 Å². The Morgan fingerprint density at radius 1 is 1.03 bits per heavy atom. The zero-order valence-electron chi connectivity index (χ0n) is 17.2. The molecule has 1 aliphatic heterocycles. The van der Waals surface area contributed by atoms with Crippen molar-refractivity contribution in [3.05, 3.63) is 55.0 Å². The van der Waals surface area contributed by atoms with Gasteiger partial charge < -0.3 is 9.47 Å². The molecule has 31 heavy (non-hydrogen) atoms. The number of nitrogens with one attached hydrogen (secondary N) is 1. The van der Waals surface area contributed by atoms with Crippen LogP contribution in [0.1, 0.15) is 19.3 Å². The average molecular weight is 412 g/mol. The Morgan fingerprint density at radius 3 is 2.68 bits per heavy atom. The van der Waals surface area contributed by atoms with Crippen molar-refractivity contribution >= 4 is 16.8 Å². The number of carbonyl (C=O) groups is 1. The lowest BCUT2D eigenvalue weighted by molar-refractivity contribution is -0.131. The lowest BCUT2D eigenvalue weighted by atomic mass is 10.0. The lowest BCUT2D eigenvalue weighted by Crippen LogP contribution is -2.30. The molecule has 2 aromatic carbocycles. The molecule has 7 nitrogen and oxygen atoms in total. The van der Waals surface area contributed by atoms with E-state index in [1.165, 1.54) is 0 Å². The third-order valence-electron chi connectivity index (χ3n) is 6.51. The van der Waals surface area contributed by atoms with E-state index in [1.54, 1.807) is 6.33 Å². The zero-order chi connectivity index (χ0) is 20.8. The molecule has 3 heterocycles. The molecule has 6 rings (SSSR count). The molecule has 2 aromatic heterocycles. The molecule has 0 bridgehead atoms. The standard InChI is InChI=1S/C24H24N6O/c31-24(19-5-6-19)29-10-9-16(13-29)14-30-15-26-28-23(30)18-3-1-17(2-4-18)20-7-8-21-12-25-27-22(21)11-20/h1-4,7-8,11-12,15-16,19H,5-6,9-10,13-14H2,(H,25,27)/t16-/m0/s1. The number of carbonyl (C=O) groups excluding carboxylic acids is 1. The summed E-state index contributed by atoms with van der Waals surface area (Å²) < 4.78 is 2.13. The van der Waals surface area contributed by atoms with Crippen molar-refractivity contribution in [2.75, 3.05) is 13.1 Å². The van der Waals surface area contributed by atoms with E-state index < -0.39 is 0 Å². The van der Waals surface area contributed by atoms with E-state index >= 15 is 0 Å². The molecule has 0 spiro atoms. The highest BCUT2D eigenvalue weighted by atomic mass is 16.2. The second-order valence-corrected chi connectivity index (χ2v) is 8.77. The third-order valence-corrected chi connectivity index (χ3v) is 6.51. The summed E-state index contributed by atoms with van der Waals surface area (Å²) in [4.78, 5) is 14.4. The maximum atomic E-state index is 12.3. The van der Waals surface area contributed by atoms with Crippen molar-refractivity contribution in [2.24, 2.45) is 11.8 Å². The van der Waals surface area contributed by atoms with Crippen LogP contribution in [0.4, 0.5) is 0 Å². The van der Waals surface area contributed by atoms with Gasteiger partial charge in [0.2, 0.25) is 5.91 Å². The Labute approximate surface area is 180 Å². The number of rotatable bonds is 5. The van der Waals surface area contributed by atoms with Gasteiger partial charge in [0.15, 0.2) is 5.82 Å². The van der Waals surface area contributed by atoms with Crippen LogP contribution in [-0.4, -0.2) is 48.9 Å². The lowest BCUT2D eigenvalue weighted by Gasteiger charge is -2.17. The molecule has 1 N–H and O–H groups in total. The number of amides is 1. The number of hydrogen-bond donors (Lipinski definition) is 1. The summed E-state index contributed by atoms with van der Waals surface area (Å²) in [5, 5.41) is 16.8. The third kappa shape index (κ3) is 3.50. The Morgan fingerprint density at radius 2 is 1.84 bits per heavy atom. The molecular formula is C24H24N6O. The van der Waals surface area contributed by atoms with Gasteiger partial charge in [-0.25, -0.2) is 0 Å². The monoisotopic (exact) mass is 412 g/mol. The minimum atomic E-state index is 0.303. The van der Waals surface area contributed by atoms with Crippen molar-refractivity contribution in [1.29, 1.82) is 0 Å². The molecule has 0 radical (unpaired) electrons. The Balaban J connectivity index is 1.18. The number of aromatic nitrogens is 5. The summed E-state index contributed by atoms with van der Waals surface area (Å²) in [5.41, 5.74) is 4.38.